The molecule has 2 rings (SSSR count). The van der Waals surface area contributed by atoms with Gasteiger partial charge in [0, 0.05) is 25.7 Å². The van der Waals surface area contributed by atoms with Crippen LogP contribution in [-0.4, -0.2) is 24.0 Å². The lowest BCUT2D eigenvalue weighted by molar-refractivity contribution is 0.174. The van der Waals surface area contributed by atoms with Gasteiger partial charge in [-0.25, -0.2) is 0 Å². The van der Waals surface area contributed by atoms with Crippen LogP contribution in [0.25, 0.3) is 0 Å². The first-order valence-corrected chi connectivity index (χ1v) is 5.71. The molecular formula is C13H17N3. The highest BCUT2D eigenvalue weighted by atomic mass is 15.1. The monoisotopic (exact) mass is 215 g/mol. The number of likely N-dealkylation sites (tertiary alicyclic amines) is 1. The smallest absolute Gasteiger partial charge is 0.0741 e. The molecule has 2 unspecified atom stereocenters. The van der Waals surface area contributed by atoms with Gasteiger partial charge >= 0.3 is 0 Å². The predicted octanol–water partition coefficient (Wildman–Crippen LogP) is 1.36. The third-order valence-electron chi connectivity index (χ3n) is 3.17. The first-order chi connectivity index (χ1) is 7.79. The molecule has 0 aliphatic carbocycles. The zero-order valence-corrected chi connectivity index (χ0v) is 9.34. The lowest BCUT2D eigenvalue weighted by atomic mass is 9.94. The van der Waals surface area contributed by atoms with E-state index in [0.717, 1.165) is 26.1 Å². The maximum atomic E-state index is 8.99. The number of piperidine rings is 1. The Labute approximate surface area is 96.5 Å². The molecule has 2 atom stereocenters. The van der Waals surface area contributed by atoms with Gasteiger partial charge in [-0.15, -0.1) is 0 Å². The Bertz CT molecular complexity index is 369. The van der Waals surface area contributed by atoms with Gasteiger partial charge in [0.15, 0.2) is 0 Å². The second-order valence-corrected chi connectivity index (χ2v) is 4.41. The van der Waals surface area contributed by atoms with Crippen LogP contribution in [0.1, 0.15) is 12.0 Å². The Morgan fingerprint density at radius 2 is 2.12 bits per heavy atom. The second-order valence-electron chi connectivity index (χ2n) is 4.41. The highest BCUT2D eigenvalue weighted by Gasteiger charge is 2.26. The fourth-order valence-electron chi connectivity index (χ4n) is 2.16. The molecule has 0 bridgehead atoms. The minimum Gasteiger partial charge on any atom is -0.326 e. The fourth-order valence-corrected chi connectivity index (χ4v) is 2.16. The standard InChI is InChI=1S/C13H17N3/c14-8-12-10-16(7-6-13(12)15)9-11-4-2-1-3-5-11/h1-5,12-13H,6-7,9-10,15H2. The van der Waals surface area contributed by atoms with Crippen LogP contribution in [-0.2, 0) is 6.54 Å². The summed E-state index contributed by atoms with van der Waals surface area (Å²) in [5.41, 5.74) is 7.20. The summed E-state index contributed by atoms with van der Waals surface area (Å²) < 4.78 is 0. The summed E-state index contributed by atoms with van der Waals surface area (Å²) in [5, 5.41) is 8.99. The van der Waals surface area contributed by atoms with Gasteiger partial charge in [0.05, 0.1) is 12.0 Å². The Morgan fingerprint density at radius 3 is 2.81 bits per heavy atom. The maximum Gasteiger partial charge on any atom is 0.0741 e. The summed E-state index contributed by atoms with van der Waals surface area (Å²) in [5.74, 6) is -0.0162. The summed E-state index contributed by atoms with van der Waals surface area (Å²) in [6.07, 6.45) is 0.922. The van der Waals surface area contributed by atoms with Crippen molar-refractivity contribution in [1.29, 1.82) is 5.26 Å². The molecule has 0 radical (unpaired) electrons. The first kappa shape index (κ1) is 11.1. The van der Waals surface area contributed by atoms with E-state index in [1.165, 1.54) is 5.56 Å². The van der Waals surface area contributed by atoms with Crippen LogP contribution in [0.3, 0.4) is 0 Å². The maximum absolute atomic E-state index is 8.99. The van der Waals surface area contributed by atoms with Crippen molar-refractivity contribution >= 4 is 0 Å². The quantitative estimate of drug-likeness (QED) is 0.810. The molecule has 2 N–H and O–H groups in total. The first-order valence-electron chi connectivity index (χ1n) is 5.71. The van der Waals surface area contributed by atoms with Crippen LogP contribution in [0.5, 0.6) is 0 Å². The van der Waals surface area contributed by atoms with Gasteiger partial charge in [-0.05, 0) is 12.0 Å². The number of hydrogen-bond acceptors (Lipinski definition) is 3. The van der Waals surface area contributed by atoms with Crippen LogP contribution in [0.15, 0.2) is 30.3 Å². The minimum atomic E-state index is -0.0162. The lowest BCUT2D eigenvalue weighted by Crippen LogP contribution is -2.46. The molecule has 16 heavy (non-hydrogen) atoms. The topological polar surface area (TPSA) is 53.0 Å². The van der Waals surface area contributed by atoms with Crippen LogP contribution in [0.4, 0.5) is 0 Å². The van der Waals surface area contributed by atoms with Gasteiger partial charge in [0.25, 0.3) is 0 Å². The van der Waals surface area contributed by atoms with Crippen LogP contribution < -0.4 is 5.73 Å². The summed E-state index contributed by atoms with van der Waals surface area (Å²) >= 11 is 0. The Hall–Kier alpha value is -1.37. The minimum absolute atomic E-state index is 0.0162. The zero-order chi connectivity index (χ0) is 11.4. The van der Waals surface area contributed by atoms with Gasteiger partial charge < -0.3 is 5.73 Å². The second kappa shape index (κ2) is 5.11. The summed E-state index contributed by atoms with van der Waals surface area (Å²) in [7, 11) is 0. The van der Waals surface area contributed by atoms with Crippen molar-refractivity contribution in [3.63, 3.8) is 0 Å². The average molecular weight is 215 g/mol. The summed E-state index contributed by atoms with van der Waals surface area (Å²) in [6, 6.07) is 12.7. The molecule has 0 saturated carbocycles. The van der Waals surface area contributed by atoms with Crippen molar-refractivity contribution in [1.82, 2.24) is 4.90 Å². The molecule has 0 spiro atoms. The molecule has 1 fully saturated rings. The van der Waals surface area contributed by atoms with E-state index < -0.39 is 0 Å². The van der Waals surface area contributed by atoms with Crippen LogP contribution in [0, 0.1) is 17.2 Å². The Morgan fingerprint density at radius 1 is 1.38 bits per heavy atom. The van der Waals surface area contributed by atoms with E-state index in [1.54, 1.807) is 0 Å². The Kier molecular flexibility index (Phi) is 3.55. The van der Waals surface area contributed by atoms with Crippen molar-refractivity contribution in [2.45, 2.75) is 19.0 Å². The highest BCUT2D eigenvalue weighted by molar-refractivity contribution is 5.14. The number of nitriles is 1. The SMILES string of the molecule is N#CC1CN(Cc2ccccc2)CCC1N. The normalized spacial score (nSPS) is 26.2. The predicted molar refractivity (Wildman–Crippen MR) is 63.4 cm³/mol. The third kappa shape index (κ3) is 2.60. The number of nitrogens with zero attached hydrogens (tertiary/aromatic N) is 2. The van der Waals surface area contributed by atoms with Crippen molar-refractivity contribution in [2.75, 3.05) is 13.1 Å². The zero-order valence-electron chi connectivity index (χ0n) is 9.34. The molecule has 1 aromatic rings. The lowest BCUT2D eigenvalue weighted by Gasteiger charge is -2.33. The molecule has 1 aliphatic rings. The molecule has 3 heteroatoms. The average Bonchev–Trinajstić information content (AvgIpc) is 2.33. The molecule has 1 heterocycles. The molecule has 0 amide bonds. The summed E-state index contributed by atoms with van der Waals surface area (Å²) in [6.45, 7) is 2.71. The van der Waals surface area contributed by atoms with E-state index >= 15 is 0 Å². The summed E-state index contributed by atoms with van der Waals surface area (Å²) in [4.78, 5) is 2.31. The molecule has 1 aromatic carbocycles. The molecule has 84 valence electrons. The van der Waals surface area contributed by atoms with Gasteiger partial charge in [0.1, 0.15) is 0 Å². The van der Waals surface area contributed by atoms with E-state index in [9.17, 15) is 0 Å². The van der Waals surface area contributed by atoms with E-state index in [-0.39, 0.29) is 12.0 Å². The molecule has 0 aromatic heterocycles. The van der Waals surface area contributed by atoms with Crippen molar-refractivity contribution in [2.24, 2.45) is 11.7 Å². The number of rotatable bonds is 2. The number of nitrogens with two attached hydrogens (primary N) is 1. The fraction of sp³-hybridized carbons (Fsp3) is 0.462. The molecule has 1 saturated heterocycles. The highest BCUT2D eigenvalue weighted by Crippen LogP contribution is 2.17. The van der Waals surface area contributed by atoms with E-state index in [2.05, 4.69) is 23.1 Å². The van der Waals surface area contributed by atoms with E-state index in [4.69, 9.17) is 11.0 Å². The third-order valence-corrected chi connectivity index (χ3v) is 3.17. The van der Waals surface area contributed by atoms with Crippen molar-refractivity contribution < 1.29 is 0 Å². The van der Waals surface area contributed by atoms with Gasteiger partial charge in [-0.1, -0.05) is 30.3 Å². The molecular weight excluding hydrogens is 198 g/mol. The molecule has 3 nitrogen and oxygen atoms in total. The number of benzene rings is 1. The van der Waals surface area contributed by atoms with Crippen molar-refractivity contribution in [3.8, 4) is 6.07 Å². The van der Waals surface area contributed by atoms with Gasteiger partial charge in [-0.2, -0.15) is 5.26 Å². The van der Waals surface area contributed by atoms with E-state index in [1.807, 2.05) is 18.2 Å². The van der Waals surface area contributed by atoms with Crippen molar-refractivity contribution in [3.05, 3.63) is 35.9 Å². The Balaban J connectivity index is 1.95. The van der Waals surface area contributed by atoms with Crippen LogP contribution >= 0.6 is 0 Å². The van der Waals surface area contributed by atoms with Gasteiger partial charge in [0.2, 0.25) is 0 Å². The van der Waals surface area contributed by atoms with E-state index in [0.29, 0.717) is 0 Å². The van der Waals surface area contributed by atoms with Gasteiger partial charge in [-0.3, -0.25) is 4.90 Å². The number of hydrogen-bond donors (Lipinski definition) is 1. The largest absolute Gasteiger partial charge is 0.326 e. The van der Waals surface area contributed by atoms with Crippen LogP contribution in [0.2, 0.25) is 0 Å². The molecule has 1 aliphatic heterocycles.